The Morgan fingerprint density at radius 3 is 1.21 bits per heavy atom. The lowest BCUT2D eigenvalue weighted by Crippen LogP contribution is -2.50. The molecule has 19 heavy (non-hydrogen) atoms. The van der Waals surface area contributed by atoms with Crippen LogP contribution in [0.5, 0.6) is 0 Å². The molecule has 0 aromatic rings. The van der Waals surface area contributed by atoms with E-state index in [0.29, 0.717) is 12.8 Å². The van der Waals surface area contributed by atoms with Crippen molar-refractivity contribution >= 4 is 11.9 Å². The van der Waals surface area contributed by atoms with Gasteiger partial charge in [0.2, 0.25) is 0 Å². The summed E-state index contributed by atoms with van der Waals surface area (Å²) in [6.07, 6.45) is 5.81. The van der Waals surface area contributed by atoms with Gasteiger partial charge in [-0.15, -0.1) is 0 Å². The van der Waals surface area contributed by atoms with Crippen LogP contribution in [0.15, 0.2) is 0 Å². The molecule has 0 unspecified atom stereocenters. The molecule has 0 spiro atoms. The SMILES string of the molecule is O.O=C([O-])CCCCC(=O)[O-].[NH3+]CCCCCC[NH3+]. The summed E-state index contributed by atoms with van der Waals surface area (Å²) < 4.78 is 0. The number of hydrogen-bond acceptors (Lipinski definition) is 4. The average Bonchev–Trinajstić information content (AvgIpc) is 2.31. The highest BCUT2D eigenvalue weighted by molar-refractivity contribution is 5.65. The van der Waals surface area contributed by atoms with Crippen LogP contribution >= 0.6 is 0 Å². The van der Waals surface area contributed by atoms with Crippen LogP contribution in [0.2, 0.25) is 0 Å². The maximum absolute atomic E-state index is 9.77. The Morgan fingerprint density at radius 2 is 1.00 bits per heavy atom. The van der Waals surface area contributed by atoms with Gasteiger partial charge in [-0.1, -0.05) is 0 Å². The Morgan fingerprint density at radius 1 is 0.684 bits per heavy atom. The third-order valence-electron chi connectivity index (χ3n) is 2.26. The monoisotopic (exact) mass is 280 g/mol. The third kappa shape index (κ3) is 31.6. The number of carbonyl (C=O) groups is 2. The molecule has 0 amide bonds. The standard InChI is InChI=1S/C6H16N2.C6H10O4.H2O/c7-5-3-1-2-4-6-8;7-5(8)3-1-2-4-6(9)10;/h1-8H2;1-4H2,(H,7,8)(H,9,10);1H2. The molecule has 0 heterocycles. The molecule has 7 nitrogen and oxygen atoms in total. The van der Waals surface area contributed by atoms with Crippen molar-refractivity contribution in [3.63, 3.8) is 0 Å². The molecule has 0 rings (SSSR count). The molecule has 0 bridgehead atoms. The summed E-state index contributed by atoms with van der Waals surface area (Å²) in [4.78, 5) is 19.5. The lowest BCUT2D eigenvalue weighted by atomic mass is 10.2. The minimum absolute atomic E-state index is 0. The Bertz CT molecular complexity index is 190. The number of rotatable bonds is 10. The molecule has 0 aromatic heterocycles. The van der Waals surface area contributed by atoms with Crippen LogP contribution in [0, 0.1) is 0 Å². The first kappa shape index (κ1) is 23.0. The molecule has 0 atom stereocenters. The van der Waals surface area contributed by atoms with Crippen molar-refractivity contribution in [2.45, 2.75) is 51.4 Å². The summed E-state index contributed by atoms with van der Waals surface area (Å²) in [5.74, 6) is -2.28. The number of carboxylic acid groups (broad SMARTS) is 2. The highest BCUT2D eigenvalue weighted by Gasteiger charge is 1.89. The molecule has 0 aliphatic rings. The van der Waals surface area contributed by atoms with Crippen molar-refractivity contribution in [3.8, 4) is 0 Å². The second-order valence-corrected chi connectivity index (χ2v) is 4.07. The van der Waals surface area contributed by atoms with Crippen LogP contribution in [0.4, 0.5) is 0 Å². The molecule has 0 saturated carbocycles. The summed E-state index contributed by atoms with van der Waals surface area (Å²) in [5, 5.41) is 19.5. The van der Waals surface area contributed by atoms with Gasteiger partial charge in [-0.25, -0.2) is 0 Å². The van der Waals surface area contributed by atoms with Crippen molar-refractivity contribution in [2.24, 2.45) is 0 Å². The Kier molecular flexibility index (Phi) is 23.2. The first-order chi connectivity index (χ1) is 8.54. The Labute approximate surface area is 114 Å². The van der Waals surface area contributed by atoms with Crippen LogP contribution in [0.1, 0.15) is 51.4 Å². The van der Waals surface area contributed by atoms with Crippen molar-refractivity contribution in [2.75, 3.05) is 13.1 Å². The maximum atomic E-state index is 9.77. The zero-order chi connectivity index (χ0) is 14.2. The highest BCUT2D eigenvalue weighted by atomic mass is 16.4. The van der Waals surface area contributed by atoms with E-state index in [0.717, 1.165) is 13.1 Å². The van der Waals surface area contributed by atoms with Crippen molar-refractivity contribution < 1.29 is 36.7 Å². The average molecular weight is 280 g/mol. The molecule has 0 saturated heterocycles. The molecule has 0 aliphatic carbocycles. The number of aliphatic carboxylic acids is 2. The predicted octanol–water partition coefficient (Wildman–Crippen LogP) is -3.75. The van der Waals surface area contributed by atoms with Gasteiger partial charge in [0.1, 0.15) is 0 Å². The van der Waals surface area contributed by atoms with E-state index in [1.807, 2.05) is 0 Å². The van der Waals surface area contributed by atoms with E-state index in [9.17, 15) is 19.8 Å². The predicted molar refractivity (Wildman–Crippen MR) is 66.1 cm³/mol. The van der Waals surface area contributed by atoms with Crippen LogP contribution in [0.3, 0.4) is 0 Å². The second kappa shape index (κ2) is 19.2. The van der Waals surface area contributed by atoms with Gasteiger partial charge in [-0.2, -0.15) is 0 Å². The van der Waals surface area contributed by atoms with E-state index in [4.69, 9.17) is 0 Å². The molecule has 8 N–H and O–H groups in total. The molecular weight excluding hydrogens is 252 g/mol. The van der Waals surface area contributed by atoms with Crippen LogP contribution < -0.4 is 21.7 Å². The van der Waals surface area contributed by atoms with E-state index >= 15 is 0 Å². The third-order valence-corrected chi connectivity index (χ3v) is 2.26. The maximum Gasteiger partial charge on any atom is 0.0739 e. The Hall–Kier alpha value is -1.18. The normalized spacial score (nSPS) is 8.95. The number of unbranched alkanes of at least 4 members (excludes halogenated alkanes) is 4. The van der Waals surface area contributed by atoms with Crippen molar-refractivity contribution in [1.82, 2.24) is 0 Å². The first-order valence-electron chi connectivity index (χ1n) is 6.52. The number of carbonyl (C=O) groups excluding carboxylic acids is 2. The van der Waals surface area contributed by atoms with Crippen LogP contribution in [-0.2, 0) is 9.59 Å². The van der Waals surface area contributed by atoms with Crippen molar-refractivity contribution in [1.29, 1.82) is 0 Å². The van der Waals surface area contributed by atoms with Gasteiger partial charge in [-0.3, -0.25) is 0 Å². The van der Waals surface area contributed by atoms with Crippen LogP contribution in [0.25, 0.3) is 0 Å². The number of carboxylic acids is 2. The number of quaternary nitrogens is 2. The highest BCUT2D eigenvalue weighted by Crippen LogP contribution is 1.97. The fourth-order valence-electron chi connectivity index (χ4n) is 1.25. The summed E-state index contributed by atoms with van der Waals surface area (Å²) in [5.41, 5.74) is 7.54. The zero-order valence-corrected chi connectivity index (χ0v) is 11.6. The quantitative estimate of drug-likeness (QED) is 0.392. The fraction of sp³-hybridized carbons (Fsp3) is 0.833. The minimum Gasteiger partial charge on any atom is -0.550 e. The zero-order valence-electron chi connectivity index (χ0n) is 11.6. The minimum atomic E-state index is -1.14. The van der Waals surface area contributed by atoms with Crippen molar-refractivity contribution in [3.05, 3.63) is 0 Å². The molecule has 0 aliphatic heterocycles. The van der Waals surface area contributed by atoms with E-state index < -0.39 is 11.9 Å². The van der Waals surface area contributed by atoms with Gasteiger partial charge in [-0.05, 0) is 51.4 Å². The van der Waals surface area contributed by atoms with Gasteiger partial charge in [0.05, 0.1) is 13.1 Å². The molecule has 7 heteroatoms. The first-order valence-corrected chi connectivity index (χ1v) is 6.52. The summed E-state index contributed by atoms with van der Waals surface area (Å²) in [6.45, 7) is 2.19. The summed E-state index contributed by atoms with van der Waals surface area (Å²) in [7, 11) is 0. The second-order valence-electron chi connectivity index (χ2n) is 4.07. The Balaban J connectivity index is -0.000000262. The summed E-state index contributed by atoms with van der Waals surface area (Å²) in [6, 6.07) is 0. The van der Waals surface area contributed by atoms with Gasteiger partial charge in [0.15, 0.2) is 0 Å². The fourth-order valence-corrected chi connectivity index (χ4v) is 1.25. The van der Waals surface area contributed by atoms with Gasteiger partial charge >= 0.3 is 0 Å². The van der Waals surface area contributed by atoms with E-state index in [-0.39, 0.29) is 18.3 Å². The molecule has 0 fully saturated rings. The van der Waals surface area contributed by atoms with Gasteiger partial charge in [0, 0.05) is 11.9 Å². The van der Waals surface area contributed by atoms with E-state index in [1.54, 1.807) is 0 Å². The molecule has 0 radical (unpaired) electrons. The van der Waals surface area contributed by atoms with Crippen LogP contribution in [-0.4, -0.2) is 30.5 Å². The topological polar surface area (TPSA) is 167 Å². The lowest BCUT2D eigenvalue weighted by Gasteiger charge is -2.01. The van der Waals surface area contributed by atoms with Gasteiger partial charge < -0.3 is 36.7 Å². The summed E-state index contributed by atoms with van der Waals surface area (Å²) >= 11 is 0. The smallest absolute Gasteiger partial charge is 0.0739 e. The largest absolute Gasteiger partial charge is 0.550 e. The number of hydrogen-bond donors (Lipinski definition) is 2. The lowest BCUT2D eigenvalue weighted by molar-refractivity contribution is -0.371. The molecule has 116 valence electrons. The van der Waals surface area contributed by atoms with E-state index in [1.165, 1.54) is 25.7 Å². The molecule has 0 aromatic carbocycles. The van der Waals surface area contributed by atoms with Gasteiger partial charge in [0.25, 0.3) is 0 Å². The van der Waals surface area contributed by atoms with E-state index in [2.05, 4.69) is 11.5 Å². The molecular formula is C12H28N2O5.